The summed E-state index contributed by atoms with van der Waals surface area (Å²) in [5.74, 6) is 0. The molecule has 2 aliphatic rings. The van der Waals surface area contributed by atoms with Crippen LogP contribution in [0.2, 0.25) is 0 Å². The van der Waals surface area contributed by atoms with Gasteiger partial charge in [0.15, 0.2) is 0 Å². The molecule has 0 saturated carbocycles. The molecule has 1 aromatic rings. The van der Waals surface area contributed by atoms with E-state index < -0.39 is 21.1 Å². The zero-order chi connectivity index (χ0) is 18.3. The number of rotatable bonds is 4. The molecule has 10 heteroatoms. The Bertz CT molecular complexity index is 733. The minimum Gasteiger partial charge on any atom is -0.373 e. The average Bonchev–Trinajstić information content (AvgIpc) is 2.51. The predicted molar refractivity (Wildman–Crippen MR) is 82.0 cm³/mol. The topological polar surface area (TPSA) is 68.7 Å². The molecule has 0 aliphatic carbocycles. The van der Waals surface area contributed by atoms with E-state index in [1.54, 1.807) is 12.4 Å². The maximum absolute atomic E-state index is 12.6. The summed E-state index contributed by atoms with van der Waals surface area (Å²) in [5, 5.41) is 0. The molecule has 3 rings (SSSR count). The van der Waals surface area contributed by atoms with E-state index in [4.69, 9.17) is 9.47 Å². The van der Waals surface area contributed by atoms with Crippen LogP contribution in [0.3, 0.4) is 0 Å². The van der Waals surface area contributed by atoms with Gasteiger partial charge in [-0.1, -0.05) is 0 Å². The molecule has 1 spiro atoms. The number of aromatic nitrogens is 1. The average molecular weight is 380 g/mol. The van der Waals surface area contributed by atoms with Crippen LogP contribution in [0, 0.1) is 6.92 Å². The summed E-state index contributed by atoms with van der Waals surface area (Å²) in [6.07, 6.45) is 4.20. The third-order valence-corrected chi connectivity index (χ3v) is 6.15. The van der Waals surface area contributed by atoms with Gasteiger partial charge in [0.25, 0.3) is 0 Å². The summed E-state index contributed by atoms with van der Waals surface area (Å²) < 4.78 is 72.4. The Labute approximate surface area is 144 Å². The summed E-state index contributed by atoms with van der Waals surface area (Å²) in [7, 11) is -5.29. The van der Waals surface area contributed by atoms with Crippen molar-refractivity contribution in [1.29, 1.82) is 0 Å². The summed E-state index contributed by atoms with van der Waals surface area (Å²) in [4.78, 5) is 4.04. The second-order valence-corrected chi connectivity index (χ2v) is 8.41. The van der Waals surface area contributed by atoms with Crippen LogP contribution < -0.4 is 0 Å². The first kappa shape index (κ1) is 18.6. The number of ether oxygens (including phenoxy) is 2. The fraction of sp³-hybridized carbons (Fsp3) is 0.667. The van der Waals surface area contributed by atoms with Crippen molar-refractivity contribution in [2.45, 2.75) is 43.6 Å². The van der Waals surface area contributed by atoms with E-state index in [9.17, 15) is 21.6 Å². The van der Waals surface area contributed by atoms with Crippen molar-refractivity contribution in [3.8, 4) is 0 Å². The summed E-state index contributed by atoms with van der Waals surface area (Å²) in [5.41, 5.74) is -4.18. The van der Waals surface area contributed by atoms with Crippen molar-refractivity contribution < 1.29 is 31.1 Å². The number of alkyl halides is 3. The second-order valence-electron chi connectivity index (χ2n) is 6.48. The Kier molecular flexibility index (Phi) is 4.82. The lowest BCUT2D eigenvalue weighted by atomic mass is 9.86. The van der Waals surface area contributed by atoms with Crippen molar-refractivity contribution in [2.24, 2.45) is 0 Å². The molecule has 0 N–H and O–H groups in total. The molecule has 2 aliphatic heterocycles. The van der Waals surface area contributed by atoms with Crippen molar-refractivity contribution in [1.82, 2.24) is 9.29 Å². The van der Waals surface area contributed by atoms with E-state index in [0.717, 1.165) is 11.1 Å². The summed E-state index contributed by atoms with van der Waals surface area (Å²) in [6.45, 7) is 2.04. The Morgan fingerprint density at radius 1 is 1.44 bits per heavy atom. The molecule has 0 amide bonds. The highest BCUT2D eigenvalue weighted by atomic mass is 32.2. The van der Waals surface area contributed by atoms with Crippen molar-refractivity contribution >= 4 is 10.0 Å². The molecule has 0 radical (unpaired) electrons. The van der Waals surface area contributed by atoms with Crippen LogP contribution in [0.4, 0.5) is 13.2 Å². The Hall–Kier alpha value is -1.23. The lowest BCUT2D eigenvalue weighted by Crippen LogP contribution is -2.68. The molecule has 25 heavy (non-hydrogen) atoms. The minimum absolute atomic E-state index is 0.191. The molecule has 3 heterocycles. The van der Waals surface area contributed by atoms with Gasteiger partial charge >= 0.3 is 15.5 Å². The number of hydrogen-bond donors (Lipinski definition) is 0. The molecule has 1 atom stereocenters. The quantitative estimate of drug-likeness (QED) is 0.799. The molecular weight excluding hydrogens is 361 g/mol. The predicted octanol–water partition coefficient (Wildman–Crippen LogP) is 1.99. The van der Waals surface area contributed by atoms with Crippen LogP contribution >= 0.6 is 0 Å². The van der Waals surface area contributed by atoms with Crippen molar-refractivity contribution in [3.63, 3.8) is 0 Å². The van der Waals surface area contributed by atoms with Gasteiger partial charge in [0.1, 0.15) is 0 Å². The van der Waals surface area contributed by atoms with E-state index in [2.05, 4.69) is 4.98 Å². The number of pyridine rings is 1. The highest BCUT2D eigenvalue weighted by Crippen LogP contribution is 2.40. The molecule has 0 aromatic carbocycles. The third-order valence-electron chi connectivity index (χ3n) is 4.63. The van der Waals surface area contributed by atoms with E-state index >= 15 is 0 Å². The lowest BCUT2D eigenvalue weighted by molar-refractivity contribution is -0.183. The lowest BCUT2D eigenvalue weighted by Gasteiger charge is -2.52. The zero-order valence-electron chi connectivity index (χ0n) is 13.6. The molecular formula is C15H19F3N2O4S. The number of hydrogen-bond acceptors (Lipinski definition) is 5. The van der Waals surface area contributed by atoms with Gasteiger partial charge in [0, 0.05) is 38.5 Å². The highest BCUT2D eigenvalue weighted by molar-refractivity contribution is 7.90. The molecule has 1 aromatic heterocycles. The molecule has 2 fully saturated rings. The first-order chi connectivity index (χ1) is 11.6. The van der Waals surface area contributed by atoms with Gasteiger partial charge in [-0.05, 0) is 30.5 Å². The van der Waals surface area contributed by atoms with E-state index in [1.807, 2.05) is 13.0 Å². The zero-order valence-corrected chi connectivity index (χ0v) is 14.4. The van der Waals surface area contributed by atoms with Gasteiger partial charge in [0.05, 0.1) is 18.3 Å². The van der Waals surface area contributed by atoms with E-state index in [0.29, 0.717) is 30.4 Å². The van der Waals surface area contributed by atoms with Crippen molar-refractivity contribution in [2.75, 3.05) is 19.7 Å². The van der Waals surface area contributed by atoms with E-state index in [1.165, 1.54) is 0 Å². The normalized spacial score (nSPS) is 24.2. The van der Waals surface area contributed by atoms with Gasteiger partial charge < -0.3 is 9.47 Å². The Morgan fingerprint density at radius 2 is 2.16 bits per heavy atom. The van der Waals surface area contributed by atoms with Gasteiger partial charge in [0.2, 0.25) is 0 Å². The second kappa shape index (κ2) is 6.49. The minimum atomic E-state index is -5.29. The smallest absolute Gasteiger partial charge is 0.373 e. The summed E-state index contributed by atoms with van der Waals surface area (Å²) >= 11 is 0. The van der Waals surface area contributed by atoms with Crippen molar-refractivity contribution in [3.05, 3.63) is 29.6 Å². The van der Waals surface area contributed by atoms with Crippen LogP contribution in [0.25, 0.3) is 0 Å². The SMILES string of the molecule is Cc1ccncc1CO[C@@H]1CCOC2(C1)CN(S(=O)(=O)C(F)(F)F)C2. The molecule has 6 nitrogen and oxygen atoms in total. The monoisotopic (exact) mass is 380 g/mol. The number of aryl methyl sites for hydroxylation is 1. The van der Waals surface area contributed by atoms with E-state index in [-0.39, 0.29) is 19.2 Å². The number of halogens is 3. The maximum Gasteiger partial charge on any atom is 0.511 e. The Balaban J connectivity index is 1.57. The number of nitrogens with zero attached hydrogens (tertiary/aromatic N) is 2. The van der Waals surface area contributed by atoms with Crippen LogP contribution in [-0.4, -0.2) is 54.6 Å². The van der Waals surface area contributed by atoms with Crippen LogP contribution in [0.15, 0.2) is 18.5 Å². The highest BCUT2D eigenvalue weighted by Gasteiger charge is 2.59. The van der Waals surface area contributed by atoms with Gasteiger partial charge in [-0.15, -0.1) is 0 Å². The standard InChI is InChI=1S/C15H19F3N2O4S/c1-11-2-4-19-7-12(11)8-23-13-3-5-24-14(6-13)9-20(10-14)25(21,22)15(16,17)18/h2,4,7,13H,3,5-6,8-10H2,1H3/t13-/m1/s1. The molecule has 2 saturated heterocycles. The van der Waals surface area contributed by atoms with Crippen LogP contribution in [0.1, 0.15) is 24.0 Å². The van der Waals surface area contributed by atoms with Gasteiger partial charge in [-0.3, -0.25) is 4.98 Å². The third kappa shape index (κ3) is 3.67. The fourth-order valence-electron chi connectivity index (χ4n) is 3.11. The van der Waals surface area contributed by atoms with Crippen LogP contribution in [-0.2, 0) is 26.1 Å². The van der Waals surface area contributed by atoms with Crippen LogP contribution in [0.5, 0.6) is 0 Å². The van der Waals surface area contributed by atoms with Gasteiger partial charge in [-0.25, -0.2) is 8.42 Å². The number of sulfonamides is 1. The maximum atomic E-state index is 12.6. The largest absolute Gasteiger partial charge is 0.511 e. The van der Waals surface area contributed by atoms with Gasteiger partial charge in [-0.2, -0.15) is 17.5 Å². The summed E-state index contributed by atoms with van der Waals surface area (Å²) in [6, 6.07) is 1.87. The molecule has 0 bridgehead atoms. The Morgan fingerprint density at radius 3 is 2.80 bits per heavy atom. The molecule has 140 valence electrons. The first-order valence-corrected chi connectivity index (χ1v) is 9.28. The fourth-order valence-corrected chi connectivity index (χ4v) is 4.22. The molecule has 0 unspecified atom stereocenters. The first-order valence-electron chi connectivity index (χ1n) is 7.84.